The molecule has 0 spiro atoms. The summed E-state index contributed by atoms with van der Waals surface area (Å²) in [6.07, 6.45) is 0. The van der Waals surface area contributed by atoms with Gasteiger partial charge < -0.3 is 5.48 Å². The SMILES string of the molecule is CNP(Cl)Cl.O. The Morgan fingerprint density at radius 2 is 1.67 bits per heavy atom. The molecule has 0 radical (unpaired) electrons. The fraction of sp³-hybridized carbons (Fsp3) is 1.00. The highest BCUT2D eigenvalue weighted by Gasteiger charge is 1.84. The number of nitrogens with one attached hydrogen (secondary N) is 1. The molecule has 0 fully saturated rings. The van der Waals surface area contributed by atoms with Crippen LogP contribution >= 0.6 is 29.3 Å². The normalized spacial score (nSPS) is 8.00. The first-order valence-electron chi connectivity index (χ1n) is 1.06. The topological polar surface area (TPSA) is 43.5 Å². The molecule has 0 amide bonds. The second-order valence-electron chi connectivity index (χ2n) is 0.457. The summed E-state index contributed by atoms with van der Waals surface area (Å²) in [6.45, 7) is -0.904. The van der Waals surface area contributed by atoms with Crippen LogP contribution in [0, 0.1) is 0 Å². The van der Waals surface area contributed by atoms with Crippen LogP contribution in [-0.2, 0) is 0 Å². The molecule has 0 rings (SSSR count). The summed E-state index contributed by atoms with van der Waals surface area (Å²) in [5.41, 5.74) is 0. The van der Waals surface area contributed by atoms with Gasteiger partial charge in [-0.2, -0.15) is 0 Å². The average Bonchev–Trinajstić information content (AvgIpc) is 1.38. The van der Waals surface area contributed by atoms with Gasteiger partial charge in [-0.25, -0.2) is 0 Å². The summed E-state index contributed by atoms with van der Waals surface area (Å²) < 4.78 is 0. The molecule has 0 aromatic rings. The third-order valence-corrected chi connectivity index (χ3v) is 1.52. The summed E-state index contributed by atoms with van der Waals surface area (Å²) in [6, 6.07) is 0. The van der Waals surface area contributed by atoms with Crippen LogP contribution in [0.3, 0.4) is 0 Å². The average molecular weight is 150 g/mol. The zero-order valence-electron chi connectivity index (χ0n) is 3.20. The predicted molar refractivity (Wildman–Crippen MR) is 31.3 cm³/mol. The van der Waals surface area contributed by atoms with E-state index in [0.717, 1.165) is 0 Å². The highest BCUT2D eigenvalue weighted by molar-refractivity contribution is 8.02. The molecule has 2 nitrogen and oxygen atoms in total. The minimum atomic E-state index is -0.904. The van der Waals surface area contributed by atoms with Crippen molar-refractivity contribution < 1.29 is 5.48 Å². The maximum Gasteiger partial charge on any atom is 0.156 e. The van der Waals surface area contributed by atoms with Crippen molar-refractivity contribution in [2.24, 2.45) is 0 Å². The zero-order chi connectivity index (χ0) is 4.28. The van der Waals surface area contributed by atoms with Crippen LogP contribution in [0.5, 0.6) is 0 Å². The van der Waals surface area contributed by atoms with E-state index in [2.05, 4.69) is 5.09 Å². The van der Waals surface area contributed by atoms with Crippen molar-refractivity contribution in [1.82, 2.24) is 5.09 Å². The van der Waals surface area contributed by atoms with Gasteiger partial charge in [0, 0.05) is 0 Å². The molecule has 0 aliphatic carbocycles. The summed E-state index contributed by atoms with van der Waals surface area (Å²) in [5.74, 6) is 0. The molecule has 40 valence electrons. The van der Waals surface area contributed by atoms with Crippen molar-refractivity contribution in [3.05, 3.63) is 0 Å². The lowest BCUT2D eigenvalue weighted by Gasteiger charge is -1.88. The van der Waals surface area contributed by atoms with Crippen LogP contribution in [0.15, 0.2) is 0 Å². The molecular formula is CH6Cl2NOP. The highest BCUT2D eigenvalue weighted by atomic mass is 35.9. The van der Waals surface area contributed by atoms with Crippen molar-refractivity contribution in [1.29, 1.82) is 0 Å². The van der Waals surface area contributed by atoms with Crippen LogP contribution in [0.1, 0.15) is 0 Å². The molecule has 0 aliphatic rings. The summed E-state index contributed by atoms with van der Waals surface area (Å²) >= 11 is 10.4. The molecule has 0 saturated carbocycles. The van der Waals surface area contributed by atoms with Gasteiger partial charge in [0.1, 0.15) is 0 Å². The van der Waals surface area contributed by atoms with E-state index in [1.807, 2.05) is 0 Å². The van der Waals surface area contributed by atoms with E-state index in [1.54, 1.807) is 7.05 Å². The third-order valence-electron chi connectivity index (χ3n) is 0.169. The summed E-state index contributed by atoms with van der Waals surface area (Å²) in [5, 5.41) is 2.62. The second-order valence-corrected chi connectivity index (χ2v) is 3.92. The lowest BCUT2D eigenvalue weighted by Crippen LogP contribution is -1.84. The van der Waals surface area contributed by atoms with Crippen molar-refractivity contribution in [2.45, 2.75) is 0 Å². The van der Waals surface area contributed by atoms with E-state index >= 15 is 0 Å². The Kier molecular flexibility index (Phi) is 9.91. The Morgan fingerprint density at radius 1 is 1.50 bits per heavy atom. The van der Waals surface area contributed by atoms with Crippen LogP contribution in [0.4, 0.5) is 0 Å². The minimum Gasteiger partial charge on any atom is -0.412 e. The molecule has 0 bridgehead atoms. The maximum atomic E-state index is 5.18. The first-order chi connectivity index (χ1) is 2.27. The lowest BCUT2D eigenvalue weighted by molar-refractivity contribution is 0.824. The largest absolute Gasteiger partial charge is 0.412 e. The van der Waals surface area contributed by atoms with E-state index in [9.17, 15) is 0 Å². The molecule has 0 aromatic heterocycles. The molecule has 5 heteroatoms. The molecule has 0 aromatic carbocycles. The highest BCUT2D eigenvalue weighted by Crippen LogP contribution is 2.40. The van der Waals surface area contributed by atoms with E-state index in [-0.39, 0.29) is 5.48 Å². The number of hydrogen-bond donors (Lipinski definition) is 1. The summed E-state index contributed by atoms with van der Waals surface area (Å²) in [7, 11) is 1.71. The number of rotatable bonds is 1. The quantitative estimate of drug-likeness (QED) is 0.558. The third kappa shape index (κ3) is 8.87. The van der Waals surface area contributed by atoms with Gasteiger partial charge in [-0.1, -0.05) is 22.5 Å². The Morgan fingerprint density at radius 3 is 1.67 bits per heavy atom. The number of halogens is 2. The molecule has 6 heavy (non-hydrogen) atoms. The van der Waals surface area contributed by atoms with Crippen LogP contribution < -0.4 is 5.09 Å². The van der Waals surface area contributed by atoms with Gasteiger partial charge in [0.2, 0.25) is 0 Å². The Labute approximate surface area is 47.5 Å². The van der Waals surface area contributed by atoms with Crippen molar-refractivity contribution in [2.75, 3.05) is 7.05 Å². The molecule has 0 aliphatic heterocycles. The van der Waals surface area contributed by atoms with Crippen LogP contribution in [0.25, 0.3) is 0 Å². The van der Waals surface area contributed by atoms with E-state index in [1.165, 1.54) is 0 Å². The minimum absolute atomic E-state index is 0. The van der Waals surface area contributed by atoms with Gasteiger partial charge in [-0.15, -0.1) is 0 Å². The van der Waals surface area contributed by atoms with Crippen molar-refractivity contribution in [3.63, 3.8) is 0 Å². The van der Waals surface area contributed by atoms with Crippen LogP contribution in [-0.4, -0.2) is 12.5 Å². The van der Waals surface area contributed by atoms with E-state index in [4.69, 9.17) is 22.5 Å². The Bertz CT molecular complexity index is 27.5. The fourth-order valence-corrected chi connectivity index (χ4v) is 0. The zero-order valence-corrected chi connectivity index (χ0v) is 5.61. The van der Waals surface area contributed by atoms with Gasteiger partial charge in [0.25, 0.3) is 0 Å². The van der Waals surface area contributed by atoms with Gasteiger partial charge in [-0.05, 0) is 7.05 Å². The second kappa shape index (κ2) is 5.93. The summed E-state index contributed by atoms with van der Waals surface area (Å²) in [4.78, 5) is 0. The fourth-order valence-electron chi connectivity index (χ4n) is 0. The lowest BCUT2D eigenvalue weighted by atomic mass is 11.6. The molecule has 0 saturated heterocycles. The first-order valence-corrected chi connectivity index (χ1v) is 4.21. The molecule has 0 heterocycles. The van der Waals surface area contributed by atoms with Crippen molar-refractivity contribution >= 4 is 29.3 Å². The molecular weight excluding hydrogens is 144 g/mol. The Hall–Kier alpha value is 0.930. The van der Waals surface area contributed by atoms with Crippen molar-refractivity contribution in [3.8, 4) is 0 Å². The van der Waals surface area contributed by atoms with Gasteiger partial charge in [0.05, 0.1) is 0 Å². The Balaban J connectivity index is 0. The van der Waals surface area contributed by atoms with Gasteiger partial charge in [0.15, 0.2) is 6.78 Å². The molecule has 0 unspecified atom stereocenters. The number of hydrogen-bond acceptors (Lipinski definition) is 1. The standard InChI is InChI=1S/CH4Cl2NP.H2O/c1-4-5(2)3;/h4H,1H3;1H2. The monoisotopic (exact) mass is 149 g/mol. The predicted octanol–water partition coefficient (Wildman–Crippen LogP) is 1.09. The van der Waals surface area contributed by atoms with Gasteiger partial charge >= 0.3 is 0 Å². The van der Waals surface area contributed by atoms with E-state index < -0.39 is 6.78 Å². The van der Waals surface area contributed by atoms with Gasteiger partial charge in [-0.3, -0.25) is 5.09 Å². The smallest absolute Gasteiger partial charge is 0.156 e. The molecule has 3 N–H and O–H groups in total. The maximum absolute atomic E-state index is 5.18. The van der Waals surface area contributed by atoms with Crippen LogP contribution in [0.2, 0.25) is 0 Å². The first kappa shape index (κ1) is 10.0. The van der Waals surface area contributed by atoms with E-state index in [0.29, 0.717) is 0 Å². The molecule has 0 atom stereocenters.